The number of amides is 1. The molecule has 1 aromatic rings. The Hall–Kier alpha value is -1.39. The molecule has 1 saturated heterocycles. The van der Waals surface area contributed by atoms with E-state index in [1.807, 2.05) is 13.0 Å². The Bertz CT molecular complexity index is 393. The second-order valence-electron chi connectivity index (χ2n) is 5.00. The fourth-order valence-corrected chi connectivity index (χ4v) is 2.39. The molecule has 1 aliphatic heterocycles. The van der Waals surface area contributed by atoms with Crippen LogP contribution >= 0.6 is 0 Å². The Labute approximate surface area is 108 Å². The minimum atomic E-state index is -0.281. The standard InChI is InChI=1S/C14H21N3O/c1-11(14(15)18)16-13-7-8-17(10-13)9-12-5-3-2-4-6-12/h2-6,11,13,16H,7-10H2,1H3,(H2,15,18). The average Bonchev–Trinajstić information content (AvgIpc) is 2.77. The molecule has 0 radical (unpaired) electrons. The summed E-state index contributed by atoms with van der Waals surface area (Å²) in [6.07, 6.45) is 1.07. The van der Waals surface area contributed by atoms with Crippen molar-refractivity contribution in [3.63, 3.8) is 0 Å². The monoisotopic (exact) mass is 247 g/mol. The van der Waals surface area contributed by atoms with Gasteiger partial charge in [0.25, 0.3) is 0 Å². The fourth-order valence-electron chi connectivity index (χ4n) is 2.39. The van der Waals surface area contributed by atoms with Crippen molar-refractivity contribution >= 4 is 5.91 Å². The van der Waals surface area contributed by atoms with E-state index < -0.39 is 0 Å². The Kier molecular flexibility index (Phi) is 4.33. The fraction of sp³-hybridized carbons (Fsp3) is 0.500. The highest BCUT2D eigenvalue weighted by Gasteiger charge is 2.24. The maximum Gasteiger partial charge on any atom is 0.234 e. The van der Waals surface area contributed by atoms with Crippen molar-refractivity contribution < 1.29 is 4.79 Å². The third kappa shape index (κ3) is 3.55. The minimum absolute atomic E-state index is 0.244. The van der Waals surface area contributed by atoms with Crippen LogP contribution in [-0.2, 0) is 11.3 Å². The first-order chi connectivity index (χ1) is 8.65. The quantitative estimate of drug-likeness (QED) is 0.806. The number of carbonyl (C=O) groups excluding carboxylic acids is 1. The van der Waals surface area contributed by atoms with Crippen LogP contribution in [0.1, 0.15) is 18.9 Å². The number of benzene rings is 1. The van der Waals surface area contributed by atoms with Crippen molar-refractivity contribution in [2.45, 2.75) is 32.0 Å². The van der Waals surface area contributed by atoms with E-state index in [1.165, 1.54) is 5.56 Å². The van der Waals surface area contributed by atoms with Gasteiger partial charge < -0.3 is 11.1 Å². The van der Waals surface area contributed by atoms with Crippen molar-refractivity contribution in [3.05, 3.63) is 35.9 Å². The van der Waals surface area contributed by atoms with Crippen molar-refractivity contribution in [1.82, 2.24) is 10.2 Å². The average molecular weight is 247 g/mol. The lowest BCUT2D eigenvalue weighted by Gasteiger charge is -2.18. The zero-order valence-corrected chi connectivity index (χ0v) is 10.8. The molecule has 1 heterocycles. The Balaban J connectivity index is 1.80. The molecule has 0 bridgehead atoms. The first kappa shape index (κ1) is 13.1. The summed E-state index contributed by atoms with van der Waals surface area (Å²) < 4.78 is 0. The van der Waals surface area contributed by atoms with Gasteiger partial charge in [-0.1, -0.05) is 30.3 Å². The third-order valence-corrected chi connectivity index (χ3v) is 3.43. The number of nitrogens with two attached hydrogens (primary N) is 1. The van der Waals surface area contributed by atoms with Gasteiger partial charge in [0.1, 0.15) is 0 Å². The van der Waals surface area contributed by atoms with E-state index in [2.05, 4.69) is 34.5 Å². The molecular formula is C14H21N3O. The lowest BCUT2D eigenvalue weighted by atomic mass is 10.2. The summed E-state index contributed by atoms with van der Waals surface area (Å²) in [5, 5.41) is 3.28. The topological polar surface area (TPSA) is 58.4 Å². The van der Waals surface area contributed by atoms with Crippen LogP contribution in [0.3, 0.4) is 0 Å². The van der Waals surface area contributed by atoms with E-state index in [0.717, 1.165) is 26.1 Å². The molecule has 4 heteroatoms. The van der Waals surface area contributed by atoms with E-state index in [0.29, 0.717) is 6.04 Å². The molecular weight excluding hydrogens is 226 g/mol. The zero-order chi connectivity index (χ0) is 13.0. The summed E-state index contributed by atoms with van der Waals surface area (Å²) in [6, 6.07) is 10.6. The SMILES string of the molecule is CC(NC1CCN(Cc2ccccc2)C1)C(N)=O. The maximum atomic E-state index is 11.0. The lowest BCUT2D eigenvalue weighted by Crippen LogP contribution is -2.45. The molecule has 98 valence electrons. The van der Waals surface area contributed by atoms with Gasteiger partial charge in [-0.05, 0) is 18.9 Å². The molecule has 3 N–H and O–H groups in total. The number of nitrogens with zero attached hydrogens (tertiary/aromatic N) is 1. The second kappa shape index (κ2) is 5.98. The first-order valence-corrected chi connectivity index (χ1v) is 6.47. The lowest BCUT2D eigenvalue weighted by molar-refractivity contribution is -0.119. The van der Waals surface area contributed by atoms with Crippen LogP contribution in [0.2, 0.25) is 0 Å². The number of carbonyl (C=O) groups is 1. The van der Waals surface area contributed by atoms with Crippen molar-refractivity contribution in [1.29, 1.82) is 0 Å². The number of primary amides is 1. The van der Waals surface area contributed by atoms with Gasteiger partial charge in [0, 0.05) is 25.7 Å². The molecule has 18 heavy (non-hydrogen) atoms. The maximum absolute atomic E-state index is 11.0. The first-order valence-electron chi connectivity index (χ1n) is 6.47. The summed E-state index contributed by atoms with van der Waals surface area (Å²) in [5.41, 5.74) is 6.59. The van der Waals surface area contributed by atoms with Gasteiger partial charge >= 0.3 is 0 Å². The number of likely N-dealkylation sites (tertiary alicyclic amines) is 1. The summed E-state index contributed by atoms with van der Waals surface area (Å²) in [7, 11) is 0. The second-order valence-corrected chi connectivity index (χ2v) is 5.00. The van der Waals surface area contributed by atoms with Gasteiger partial charge in [-0.3, -0.25) is 9.69 Å². The Morgan fingerprint density at radius 1 is 1.50 bits per heavy atom. The Morgan fingerprint density at radius 3 is 2.89 bits per heavy atom. The predicted molar refractivity (Wildman–Crippen MR) is 71.9 cm³/mol. The minimum Gasteiger partial charge on any atom is -0.368 e. The number of hydrogen-bond donors (Lipinski definition) is 2. The predicted octanol–water partition coefficient (Wildman–Crippen LogP) is 0.724. The molecule has 2 unspecified atom stereocenters. The molecule has 0 aromatic heterocycles. The van der Waals surface area contributed by atoms with Gasteiger partial charge in [0.05, 0.1) is 6.04 Å². The van der Waals surface area contributed by atoms with Crippen molar-refractivity contribution in [2.24, 2.45) is 5.73 Å². The van der Waals surface area contributed by atoms with Gasteiger partial charge in [-0.25, -0.2) is 0 Å². The normalized spacial score (nSPS) is 21.9. The van der Waals surface area contributed by atoms with Crippen molar-refractivity contribution in [2.75, 3.05) is 13.1 Å². The molecule has 4 nitrogen and oxygen atoms in total. The summed E-state index contributed by atoms with van der Waals surface area (Å²) >= 11 is 0. The van der Waals surface area contributed by atoms with Crippen LogP contribution in [0, 0.1) is 0 Å². The zero-order valence-electron chi connectivity index (χ0n) is 10.8. The van der Waals surface area contributed by atoms with Gasteiger partial charge in [0.2, 0.25) is 5.91 Å². The van der Waals surface area contributed by atoms with Crippen LogP contribution in [0.5, 0.6) is 0 Å². The largest absolute Gasteiger partial charge is 0.368 e. The molecule has 0 aliphatic carbocycles. The number of hydrogen-bond acceptors (Lipinski definition) is 3. The van der Waals surface area contributed by atoms with Crippen LogP contribution in [-0.4, -0.2) is 36.0 Å². The molecule has 1 amide bonds. The van der Waals surface area contributed by atoms with E-state index in [-0.39, 0.29) is 11.9 Å². The van der Waals surface area contributed by atoms with Crippen molar-refractivity contribution in [3.8, 4) is 0 Å². The molecule has 2 atom stereocenters. The van der Waals surface area contributed by atoms with E-state index >= 15 is 0 Å². The van der Waals surface area contributed by atoms with Gasteiger partial charge in [-0.2, -0.15) is 0 Å². The molecule has 1 aromatic carbocycles. The van der Waals surface area contributed by atoms with E-state index in [9.17, 15) is 4.79 Å². The molecule has 0 saturated carbocycles. The smallest absolute Gasteiger partial charge is 0.234 e. The van der Waals surface area contributed by atoms with Crippen LogP contribution < -0.4 is 11.1 Å². The molecule has 0 spiro atoms. The van der Waals surface area contributed by atoms with Crippen LogP contribution in [0.4, 0.5) is 0 Å². The molecule has 2 rings (SSSR count). The van der Waals surface area contributed by atoms with Crippen LogP contribution in [0.15, 0.2) is 30.3 Å². The summed E-state index contributed by atoms with van der Waals surface area (Å²) in [4.78, 5) is 13.4. The number of rotatable bonds is 5. The highest BCUT2D eigenvalue weighted by Crippen LogP contribution is 2.13. The molecule has 1 fully saturated rings. The Morgan fingerprint density at radius 2 is 2.22 bits per heavy atom. The van der Waals surface area contributed by atoms with Gasteiger partial charge in [0.15, 0.2) is 0 Å². The summed E-state index contributed by atoms with van der Waals surface area (Å²) in [6.45, 7) is 4.84. The van der Waals surface area contributed by atoms with E-state index in [1.54, 1.807) is 0 Å². The number of nitrogens with one attached hydrogen (secondary N) is 1. The summed E-state index contributed by atoms with van der Waals surface area (Å²) in [5.74, 6) is -0.281. The highest BCUT2D eigenvalue weighted by molar-refractivity contribution is 5.79. The highest BCUT2D eigenvalue weighted by atomic mass is 16.1. The molecule has 1 aliphatic rings. The van der Waals surface area contributed by atoms with Gasteiger partial charge in [-0.15, -0.1) is 0 Å². The van der Waals surface area contributed by atoms with E-state index in [4.69, 9.17) is 5.73 Å². The van der Waals surface area contributed by atoms with Crippen LogP contribution in [0.25, 0.3) is 0 Å². The third-order valence-electron chi connectivity index (χ3n) is 3.43.